The first-order chi connectivity index (χ1) is 18.2. The van der Waals surface area contributed by atoms with Crippen LogP contribution in [0.1, 0.15) is 55.6 Å². The van der Waals surface area contributed by atoms with Gasteiger partial charge in [0.2, 0.25) is 5.91 Å². The van der Waals surface area contributed by atoms with Crippen molar-refractivity contribution in [2.45, 2.75) is 50.5 Å². The molecule has 1 aliphatic carbocycles. The molecule has 2 fully saturated rings. The molecular formula is C33H37N3O. The molecule has 4 heteroatoms. The van der Waals surface area contributed by atoms with Crippen molar-refractivity contribution in [3.63, 3.8) is 0 Å². The van der Waals surface area contributed by atoms with E-state index in [0.29, 0.717) is 12.0 Å². The van der Waals surface area contributed by atoms with Crippen LogP contribution in [0.15, 0.2) is 79.0 Å². The van der Waals surface area contributed by atoms with Crippen molar-refractivity contribution in [1.29, 1.82) is 0 Å². The number of carbonyl (C=O) groups is 1. The Kier molecular flexibility index (Phi) is 7.09. The summed E-state index contributed by atoms with van der Waals surface area (Å²) in [6.07, 6.45) is 12.9. The van der Waals surface area contributed by atoms with Crippen LogP contribution < -0.4 is 5.32 Å². The van der Waals surface area contributed by atoms with Crippen molar-refractivity contribution in [3.05, 3.63) is 90.1 Å². The first kappa shape index (κ1) is 24.0. The van der Waals surface area contributed by atoms with Crippen LogP contribution in [-0.2, 0) is 4.79 Å². The molecule has 0 spiro atoms. The number of para-hydroxylation sites is 1. The highest BCUT2D eigenvalue weighted by atomic mass is 16.1. The lowest BCUT2D eigenvalue weighted by atomic mass is 9.84. The second-order valence-electron chi connectivity index (χ2n) is 11.0. The van der Waals surface area contributed by atoms with Crippen molar-refractivity contribution in [3.8, 4) is 0 Å². The quantitative estimate of drug-likeness (QED) is 0.289. The fourth-order valence-corrected chi connectivity index (χ4v) is 6.45. The van der Waals surface area contributed by atoms with E-state index in [4.69, 9.17) is 0 Å². The molecule has 2 aliphatic rings. The standard InChI is InChI=1S/C33H37N3O/c37-33(16-12-24-9-13-26-5-1-2-6-28(26)21-24)35-29-14-10-25(11-15-29)23-36-19-17-27(18-20-36)31-22-34-32-8-4-3-7-30(31)32/h1-9,12-13,16,21-22,25,27,29,34H,10-11,14-15,17-20,23H2,(H,35,37)/b16-12+. The number of H-pyrrole nitrogens is 1. The van der Waals surface area contributed by atoms with Crippen LogP contribution in [0.3, 0.4) is 0 Å². The lowest BCUT2D eigenvalue weighted by Crippen LogP contribution is -2.41. The number of benzene rings is 3. The first-order valence-electron chi connectivity index (χ1n) is 14.0. The van der Waals surface area contributed by atoms with Crippen LogP contribution in [0.2, 0.25) is 0 Å². The van der Waals surface area contributed by atoms with E-state index >= 15 is 0 Å². The van der Waals surface area contributed by atoms with Gasteiger partial charge in [-0.05, 0) is 104 Å². The SMILES string of the molecule is O=C(/C=C/c1ccc2ccccc2c1)NC1CCC(CN2CCC(c3c[nH]c4ccccc34)CC2)CC1. The Balaban J connectivity index is 0.935. The molecule has 1 aliphatic heterocycles. The number of hydrogen-bond donors (Lipinski definition) is 2. The monoisotopic (exact) mass is 491 g/mol. The van der Waals surface area contributed by atoms with E-state index in [9.17, 15) is 4.79 Å². The van der Waals surface area contributed by atoms with Crippen molar-refractivity contribution >= 4 is 33.7 Å². The Morgan fingerprint density at radius 3 is 2.49 bits per heavy atom. The molecule has 0 bridgehead atoms. The molecule has 37 heavy (non-hydrogen) atoms. The number of hydrogen-bond acceptors (Lipinski definition) is 2. The molecule has 6 rings (SSSR count). The summed E-state index contributed by atoms with van der Waals surface area (Å²) in [5.41, 5.74) is 3.82. The van der Waals surface area contributed by atoms with E-state index in [2.05, 4.69) is 76.0 Å². The molecule has 1 saturated heterocycles. The Labute approximate surface area is 219 Å². The number of amides is 1. The number of piperidine rings is 1. The maximum absolute atomic E-state index is 12.5. The summed E-state index contributed by atoms with van der Waals surface area (Å²) < 4.78 is 0. The maximum atomic E-state index is 12.5. The van der Waals surface area contributed by atoms with Gasteiger partial charge in [0.25, 0.3) is 0 Å². The molecule has 0 unspecified atom stereocenters. The lowest BCUT2D eigenvalue weighted by molar-refractivity contribution is -0.117. The third-order valence-corrected chi connectivity index (χ3v) is 8.56. The molecule has 1 aromatic heterocycles. The second-order valence-corrected chi connectivity index (χ2v) is 11.0. The van der Waals surface area contributed by atoms with Crippen molar-refractivity contribution < 1.29 is 4.79 Å². The average molecular weight is 492 g/mol. The van der Waals surface area contributed by atoms with E-state index in [-0.39, 0.29) is 5.91 Å². The van der Waals surface area contributed by atoms with Gasteiger partial charge in [0.05, 0.1) is 0 Å². The number of aromatic nitrogens is 1. The molecule has 2 heterocycles. The van der Waals surface area contributed by atoms with E-state index in [1.165, 1.54) is 72.6 Å². The Morgan fingerprint density at radius 1 is 0.892 bits per heavy atom. The predicted molar refractivity (Wildman–Crippen MR) is 154 cm³/mol. The number of nitrogens with zero attached hydrogens (tertiary/aromatic N) is 1. The topological polar surface area (TPSA) is 48.1 Å². The number of aromatic amines is 1. The largest absolute Gasteiger partial charge is 0.361 e. The Bertz CT molecular complexity index is 1390. The highest BCUT2D eigenvalue weighted by molar-refractivity contribution is 5.93. The molecule has 1 amide bonds. The lowest BCUT2D eigenvalue weighted by Gasteiger charge is -2.36. The summed E-state index contributed by atoms with van der Waals surface area (Å²) in [6.45, 7) is 3.60. The number of fused-ring (bicyclic) bond motifs is 2. The number of carbonyl (C=O) groups excluding carboxylic acids is 1. The molecule has 3 aromatic carbocycles. The van der Waals surface area contributed by atoms with Crippen LogP contribution in [0.5, 0.6) is 0 Å². The molecule has 190 valence electrons. The third kappa shape index (κ3) is 5.65. The van der Waals surface area contributed by atoms with E-state index in [1.54, 1.807) is 6.08 Å². The zero-order valence-corrected chi connectivity index (χ0v) is 21.5. The predicted octanol–water partition coefficient (Wildman–Crippen LogP) is 6.89. The summed E-state index contributed by atoms with van der Waals surface area (Å²) >= 11 is 0. The van der Waals surface area contributed by atoms with Crippen molar-refractivity contribution in [1.82, 2.24) is 15.2 Å². The van der Waals surface area contributed by atoms with Gasteiger partial charge in [-0.25, -0.2) is 0 Å². The Morgan fingerprint density at radius 2 is 1.65 bits per heavy atom. The maximum Gasteiger partial charge on any atom is 0.244 e. The first-order valence-corrected chi connectivity index (χ1v) is 14.0. The normalized spacial score (nSPS) is 21.6. The van der Waals surface area contributed by atoms with Gasteiger partial charge >= 0.3 is 0 Å². The van der Waals surface area contributed by atoms with Gasteiger partial charge in [-0.3, -0.25) is 4.79 Å². The number of nitrogens with one attached hydrogen (secondary N) is 2. The van der Waals surface area contributed by atoms with Gasteiger partial charge in [0, 0.05) is 35.8 Å². The summed E-state index contributed by atoms with van der Waals surface area (Å²) in [5, 5.41) is 7.06. The van der Waals surface area contributed by atoms with Crippen molar-refractivity contribution in [2.75, 3.05) is 19.6 Å². The zero-order chi connectivity index (χ0) is 25.0. The van der Waals surface area contributed by atoms with Crippen LogP contribution in [-0.4, -0.2) is 41.5 Å². The minimum absolute atomic E-state index is 0.0240. The van der Waals surface area contributed by atoms with Gasteiger partial charge in [-0.15, -0.1) is 0 Å². The number of rotatable bonds is 6. The molecular weight excluding hydrogens is 454 g/mol. The minimum atomic E-state index is 0.0240. The van der Waals surface area contributed by atoms with Gasteiger partial charge in [0.15, 0.2) is 0 Å². The Hall–Kier alpha value is -3.37. The van der Waals surface area contributed by atoms with Crippen molar-refractivity contribution in [2.24, 2.45) is 5.92 Å². The molecule has 4 aromatic rings. The molecule has 1 saturated carbocycles. The number of likely N-dealkylation sites (tertiary alicyclic amines) is 1. The highest BCUT2D eigenvalue weighted by Gasteiger charge is 2.27. The summed E-state index contributed by atoms with van der Waals surface area (Å²) in [4.78, 5) is 18.7. The fraction of sp³-hybridized carbons (Fsp3) is 0.364. The molecule has 0 radical (unpaired) electrons. The van der Waals surface area contributed by atoms with Gasteiger partial charge in [-0.1, -0.05) is 54.6 Å². The van der Waals surface area contributed by atoms with Crippen LogP contribution in [0.4, 0.5) is 0 Å². The minimum Gasteiger partial charge on any atom is -0.361 e. The highest BCUT2D eigenvalue weighted by Crippen LogP contribution is 2.34. The van der Waals surface area contributed by atoms with Crippen LogP contribution in [0, 0.1) is 5.92 Å². The summed E-state index contributed by atoms with van der Waals surface area (Å²) in [6, 6.07) is 23.6. The molecule has 4 nitrogen and oxygen atoms in total. The fourth-order valence-electron chi connectivity index (χ4n) is 6.45. The smallest absolute Gasteiger partial charge is 0.244 e. The van der Waals surface area contributed by atoms with Crippen LogP contribution >= 0.6 is 0 Å². The summed E-state index contributed by atoms with van der Waals surface area (Å²) in [5.74, 6) is 1.45. The average Bonchev–Trinajstić information content (AvgIpc) is 3.38. The van der Waals surface area contributed by atoms with Gasteiger partial charge < -0.3 is 15.2 Å². The summed E-state index contributed by atoms with van der Waals surface area (Å²) in [7, 11) is 0. The van der Waals surface area contributed by atoms with E-state index in [1.807, 2.05) is 18.2 Å². The van der Waals surface area contributed by atoms with Crippen LogP contribution in [0.25, 0.3) is 27.8 Å². The van der Waals surface area contributed by atoms with Gasteiger partial charge in [0.1, 0.15) is 0 Å². The molecule has 0 atom stereocenters. The zero-order valence-electron chi connectivity index (χ0n) is 21.5. The molecule has 2 N–H and O–H groups in total. The van der Waals surface area contributed by atoms with E-state index < -0.39 is 0 Å². The van der Waals surface area contributed by atoms with E-state index in [0.717, 1.165) is 24.3 Å². The third-order valence-electron chi connectivity index (χ3n) is 8.56. The second kappa shape index (κ2) is 10.9. The van der Waals surface area contributed by atoms with Gasteiger partial charge in [-0.2, -0.15) is 0 Å².